The Morgan fingerprint density at radius 2 is 2.45 bits per heavy atom. The van der Waals surface area contributed by atoms with Crippen molar-refractivity contribution >= 4 is 5.91 Å². The zero-order valence-electron chi connectivity index (χ0n) is 6.74. The van der Waals surface area contributed by atoms with Crippen LogP contribution in [0.1, 0.15) is 5.82 Å². The minimum atomic E-state index is -0.315. The lowest BCUT2D eigenvalue weighted by molar-refractivity contribution is -0.677. The summed E-state index contributed by atoms with van der Waals surface area (Å²) in [6, 6.07) is 0. The van der Waals surface area contributed by atoms with Crippen LogP contribution in [0.4, 0.5) is 0 Å². The highest BCUT2D eigenvalue weighted by atomic mass is 16.1. The third-order valence-electron chi connectivity index (χ3n) is 1.72. The summed E-state index contributed by atoms with van der Waals surface area (Å²) in [6.07, 6.45) is 3.72. The molecular weight excluding hydrogens is 142 g/mol. The molecular formula is C7H12N3O+. The second-order valence-electron chi connectivity index (χ2n) is 2.55. The third-order valence-corrected chi connectivity index (χ3v) is 1.72. The maximum absolute atomic E-state index is 10.5. The highest BCUT2D eigenvalue weighted by molar-refractivity contribution is 5.73. The molecule has 0 aliphatic heterocycles. The molecule has 1 aromatic heterocycles. The van der Waals surface area contributed by atoms with Crippen molar-refractivity contribution in [3.05, 3.63) is 18.2 Å². The van der Waals surface area contributed by atoms with Gasteiger partial charge in [0, 0.05) is 6.92 Å². The fourth-order valence-electron chi connectivity index (χ4n) is 0.934. The maximum atomic E-state index is 10.5. The van der Waals surface area contributed by atoms with Crippen LogP contribution in [0.3, 0.4) is 0 Å². The Morgan fingerprint density at radius 1 is 1.82 bits per heavy atom. The molecule has 1 aromatic rings. The number of nitrogens with two attached hydrogens (primary N) is 1. The zero-order valence-corrected chi connectivity index (χ0v) is 6.74. The fraction of sp³-hybridized carbons (Fsp3) is 0.429. The van der Waals surface area contributed by atoms with Crippen molar-refractivity contribution in [2.24, 2.45) is 12.8 Å². The molecule has 1 rings (SSSR count). The molecule has 0 aromatic carbocycles. The van der Waals surface area contributed by atoms with E-state index >= 15 is 0 Å². The van der Waals surface area contributed by atoms with Gasteiger partial charge in [0.15, 0.2) is 6.54 Å². The van der Waals surface area contributed by atoms with Crippen molar-refractivity contribution in [2.45, 2.75) is 13.5 Å². The van der Waals surface area contributed by atoms with Crippen molar-refractivity contribution in [1.82, 2.24) is 4.57 Å². The lowest BCUT2D eigenvalue weighted by atomic mass is 10.5. The number of aromatic nitrogens is 2. The van der Waals surface area contributed by atoms with Gasteiger partial charge in [-0.05, 0) is 0 Å². The van der Waals surface area contributed by atoms with E-state index in [1.807, 2.05) is 35.5 Å². The first-order chi connectivity index (χ1) is 5.11. The molecule has 11 heavy (non-hydrogen) atoms. The van der Waals surface area contributed by atoms with Gasteiger partial charge in [0.2, 0.25) is 0 Å². The first kappa shape index (κ1) is 7.78. The van der Waals surface area contributed by atoms with Crippen LogP contribution in [0.25, 0.3) is 0 Å². The molecule has 0 fully saturated rings. The number of imidazole rings is 1. The van der Waals surface area contributed by atoms with Crippen LogP contribution in [0, 0.1) is 6.92 Å². The van der Waals surface area contributed by atoms with E-state index in [9.17, 15) is 4.79 Å². The van der Waals surface area contributed by atoms with Crippen molar-refractivity contribution in [2.75, 3.05) is 0 Å². The topological polar surface area (TPSA) is 51.9 Å². The van der Waals surface area contributed by atoms with Crippen LogP contribution in [0.15, 0.2) is 12.4 Å². The van der Waals surface area contributed by atoms with Crippen molar-refractivity contribution in [3.63, 3.8) is 0 Å². The molecule has 4 nitrogen and oxygen atoms in total. The minimum absolute atomic E-state index is 0.257. The Morgan fingerprint density at radius 3 is 2.82 bits per heavy atom. The molecule has 0 radical (unpaired) electrons. The van der Waals surface area contributed by atoms with Gasteiger partial charge in [-0.1, -0.05) is 0 Å². The summed E-state index contributed by atoms with van der Waals surface area (Å²) in [5, 5.41) is 0. The number of hydrogen-bond donors (Lipinski definition) is 1. The molecule has 4 heteroatoms. The van der Waals surface area contributed by atoms with Crippen LogP contribution < -0.4 is 10.3 Å². The van der Waals surface area contributed by atoms with E-state index in [4.69, 9.17) is 5.73 Å². The van der Waals surface area contributed by atoms with E-state index in [-0.39, 0.29) is 12.5 Å². The van der Waals surface area contributed by atoms with Crippen LogP contribution >= 0.6 is 0 Å². The highest BCUT2D eigenvalue weighted by Crippen LogP contribution is 1.90. The molecule has 1 heterocycles. The van der Waals surface area contributed by atoms with Crippen LogP contribution in [-0.4, -0.2) is 10.5 Å². The Labute approximate surface area is 65.2 Å². The molecule has 2 N–H and O–H groups in total. The van der Waals surface area contributed by atoms with Crippen LogP contribution in [0.5, 0.6) is 0 Å². The average Bonchev–Trinajstić information content (AvgIpc) is 2.18. The van der Waals surface area contributed by atoms with Gasteiger partial charge in [-0.2, -0.15) is 0 Å². The molecule has 0 atom stereocenters. The van der Waals surface area contributed by atoms with Crippen LogP contribution in [-0.2, 0) is 18.4 Å². The molecule has 0 saturated heterocycles. The first-order valence-electron chi connectivity index (χ1n) is 3.41. The molecule has 1 amide bonds. The van der Waals surface area contributed by atoms with Crippen molar-refractivity contribution < 1.29 is 9.36 Å². The minimum Gasteiger partial charge on any atom is -0.366 e. The highest BCUT2D eigenvalue weighted by Gasteiger charge is 2.09. The molecule has 0 aliphatic rings. The summed E-state index contributed by atoms with van der Waals surface area (Å²) in [5.74, 6) is 0.702. The number of carbonyl (C=O) groups excluding carboxylic acids is 1. The van der Waals surface area contributed by atoms with E-state index in [0.29, 0.717) is 0 Å². The van der Waals surface area contributed by atoms with E-state index in [2.05, 4.69) is 0 Å². The summed E-state index contributed by atoms with van der Waals surface area (Å²) in [5.41, 5.74) is 5.03. The average molecular weight is 154 g/mol. The Hall–Kier alpha value is -1.32. The van der Waals surface area contributed by atoms with Crippen molar-refractivity contribution in [3.8, 4) is 0 Å². The Bertz CT molecular complexity index is 277. The quantitative estimate of drug-likeness (QED) is 0.552. The molecule has 0 spiro atoms. The van der Waals surface area contributed by atoms with Gasteiger partial charge in [0.05, 0.1) is 7.05 Å². The summed E-state index contributed by atoms with van der Waals surface area (Å²) in [7, 11) is 1.92. The normalized spacial score (nSPS) is 10.0. The summed E-state index contributed by atoms with van der Waals surface area (Å²) < 4.78 is 3.74. The number of amides is 1. The van der Waals surface area contributed by atoms with Gasteiger partial charge >= 0.3 is 0 Å². The number of carbonyl (C=O) groups is 1. The van der Waals surface area contributed by atoms with Gasteiger partial charge in [0.1, 0.15) is 12.4 Å². The number of aryl methyl sites for hydroxylation is 1. The molecule has 0 saturated carbocycles. The van der Waals surface area contributed by atoms with Crippen LogP contribution in [0.2, 0.25) is 0 Å². The molecule has 0 unspecified atom stereocenters. The molecule has 0 aliphatic carbocycles. The monoisotopic (exact) mass is 154 g/mol. The standard InChI is InChI=1S/C7H11N3O/c1-6-9(2)3-4-10(6)5-7(8)11/h3-4H,5H2,1-2H3,(H-,8,11)/p+1. The van der Waals surface area contributed by atoms with E-state index in [1.165, 1.54) is 0 Å². The number of rotatable bonds is 2. The van der Waals surface area contributed by atoms with Gasteiger partial charge in [-0.15, -0.1) is 0 Å². The number of primary amides is 1. The zero-order chi connectivity index (χ0) is 8.43. The van der Waals surface area contributed by atoms with E-state index < -0.39 is 0 Å². The fourth-order valence-corrected chi connectivity index (χ4v) is 0.934. The van der Waals surface area contributed by atoms with Gasteiger partial charge in [0.25, 0.3) is 11.7 Å². The molecule has 0 bridgehead atoms. The maximum Gasteiger partial charge on any atom is 0.259 e. The summed E-state index contributed by atoms with van der Waals surface area (Å²) >= 11 is 0. The van der Waals surface area contributed by atoms with Crippen molar-refractivity contribution in [1.29, 1.82) is 0 Å². The van der Waals surface area contributed by atoms with E-state index in [0.717, 1.165) is 5.82 Å². The van der Waals surface area contributed by atoms with Gasteiger partial charge < -0.3 is 5.73 Å². The number of nitrogens with zero attached hydrogens (tertiary/aromatic N) is 2. The largest absolute Gasteiger partial charge is 0.366 e. The lowest BCUT2D eigenvalue weighted by Crippen LogP contribution is -2.31. The second-order valence-corrected chi connectivity index (χ2v) is 2.55. The molecule has 60 valence electrons. The third kappa shape index (κ3) is 1.58. The summed E-state index contributed by atoms with van der Waals surface area (Å²) in [4.78, 5) is 10.5. The van der Waals surface area contributed by atoms with E-state index in [1.54, 1.807) is 0 Å². The second kappa shape index (κ2) is 2.74. The van der Waals surface area contributed by atoms with Gasteiger partial charge in [-0.3, -0.25) is 4.79 Å². The smallest absolute Gasteiger partial charge is 0.259 e. The van der Waals surface area contributed by atoms with Gasteiger partial charge in [-0.25, -0.2) is 9.13 Å². The predicted octanol–water partition coefficient (Wildman–Crippen LogP) is -0.894. The lowest BCUT2D eigenvalue weighted by Gasteiger charge is -1.93. The SMILES string of the molecule is Cc1n(CC(N)=O)cc[n+]1C. The summed E-state index contributed by atoms with van der Waals surface area (Å²) in [6.45, 7) is 2.19. The Kier molecular flexibility index (Phi) is 1.94. The first-order valence-corrected chi connectivity index (χ1v) is 3.41. The Balaban J connectivity index is 2.87. The predicted molar refractivity (Wildman–Crippen MR) is 39.5 cm³/mol. The number of hydrogen-bond acceptors (Lipinski definition) is 1.